The lowest BCUT2D eigenvalue weighted by atomic mass is 10.4. The number of halogens is 1. The van der Waals surface area contributed by atoms with Gasteiger partial charge in [0, 0.05) is 25.2 Å². The highest BCUT2D eigenvalue weighted by molar-refractivity contribution is 6.17. The van der Waals surface area contributed by atoms with Crippen LogP contribution in [0.5, 0.6) is 0 Å². The van der Waals surface area contributed by atoms with Crippen LogP contribution < -0.4 is 5.32 Å². The van der Waals surface area contributed by atoms with E-state index in [1.54, 1.807) is 6.20 Å². The molecule has 0 spiro atoms. The molecule has 14 heavy (non-hydrogen) atoms. The van der Waals surface area contributed by atoms with Gasteiger partial charge in [-0.2, -0.15) is 0 Å². The largest absolute Gasteiger partial charge is 0.380 e. The number of aromatic nitrogens is 2. The monoisotopic (exact) mass is 215 g/mol. The summed E-state index contributed by atoms with van der Waals surface area (Å²) in [5.74, 6) is 1.40. The molecule has 1 heterocycles. The molecule has 0 radical (unpaired) electrons. The molecule has 4 nitrogen and oxygen atoms in total. The Balaban J connectivity index is 1.99. The van der Waals surface area contributed by atoms with Crippen LogP contribution in [-0.4, -0.2) is 35.6 Å². The average Bonchev–Trinajstić information content (AvgIpc) is 2.25. The van der Waals surface area contributed by atoms with Gasteiger partial charge in [-0.15, -0.1) is 11.6 Å². The van der Waals surface area contributed by atoms with Gasteiger partial charge in [-0.1, -0.05) is 0 Å². The SMILES string of the molecule is ClCCOCCCNc1ccncn1. The van der Waals surface area contributed by atoms with E-state index in [0.29, 0.717) is 12.5 Å². The van der Waals surface area contributed by atoms with E-state index in [1.165, 1.54) is 6.33 Å². The number of hydrogen-bond acceptors (Lipinski definition) is 4. The molecule has 1 N–H and O–H groups in total. The molecule has 0 fully saturated rings. The molecule has 5 heteroatoms. The first-order chi connectivity index (χ1) is 6.93. The van der Waals surface area contributed by atoms with Gasteiger partial charge in [0.05, 0.1) is 6.61 Å². The highest BCUT2D eigenvalue weighted by Crippen LogP contribution is 1.97. The lowest BCUT2D eigenvalue weighted by Crippen LogP contribution is -2.07. The van der Waals surface area contributed by atoms with E-state index in [2.05, 4.69) is 15.3 Å². The maximum atomic E-state index is 5.45. The van der Waals surface area contributed by atoms with Gasteiger partial charge >= 0.3 is 0 Å². The molecule has 0 atom stereocenters. The van der Waals surface area contributed by atoms with Gasteiger partial charge in [0.15, 0.2) is 0 Å². The molecule has 0 aromatic carbocycles. The average molecular weight is 216 g/mol. The van der Waals surface area contributed by atoms with Gasteiger partial charge in [-0.05, 0) is 12.5 Å². The minimum Gasteiger partial charge on any atom is -0.380 e. The normalized spacial score (nSPS) is 10.1. The zero-order chi connectivity index (χ0) is 10.1. The fourth-order valence-corrected chi connectivity index (χ4v) is 1.05. The number of nitrogens with zero attached hydrogens (tertiary/aromatic N) is 2. The van der Waals surface area contributed by atoms with E-state index >= 15 is 0 Å². The summed E-state index contributed by atoms with van der Waals surface area (Å²) < 4.78 is 5.22. The summed E-state index contributed by atoms with van der Waals surface area (Å²) >= 11 is 5.45. The third kappa shape index (κ3) is 4.99. The lowest BCUT2D eigenvalue weighted by Gasteiger charge is -2.04. The molecule has 78 valence electrons. The second kappa shape index (κ2) is 7.53. The van der Waals surface area contributed by atoms with Crippen LogP contribution in [0.1, 0.15) is 6.42 Å². The Morgan fingerprint density at radius 2 is 2.36 bits per heavy atom. The van der Waals surface area contributed by atoms with Gasteiger partial charge in [0.1, 0.15) is 12.1 Å². The van der Waals surface area contributed by atoms with Crippen molar-refractivity contribution in [3.63, 3.8) is 0 Å². The van der Waals surface area contributed by atoms with Crippen molar-refractivity contribution in [2.45, 2.75) is 6.42 Å². The first-order valence-electron chi connectivity index (χ1n) is 4.57. The summed E-state index contributed by atoms with van der Waals surface area (Å²) in [4.78, 5) is 7.85. The van der Waals surface area contributed by atoms with E-state index in [4.69, 9.17) is 16.3 Å². The number of ether oxygens (including phenoxy) is 1. The minimum atomic E-state index is 0.555. The molecule has 0 bridgehead atoms. The maximum Gasteiger partial charge on any atom is 0.129 e. The van der Waals surface area contributed by atoms with Crippen LogP contribution in [-0.2, 0) is 4.74 Å². The maximum absolute atomic E-state index is 5.45. The van der Waals surface area contributed by atoms with Crippen LogP contribution in [0.2, 0.25) is 0 Å². The Labute approximate surface area is 88.7 Å². The summed E-state index contributed by atoms with van der Waals surface area (Å²) in [5.41, 5.74) is 0. The van der Waals surface area contributed by atoms with Crippen molar-refractivity contribution in [2.24, 2.45) is 0 Å². The first kappa shape index (κ1) is 11.2. The summed E-state index contributed by atoms with van der Waals surface area (Å²) in [6, 6.07) is 1.83. The highest BCUT2D eigenvalue weighted by Gasteiger charge is 1.91. The molecule has 0 aliphatic carbocycles. The van der Waals surface area contributed by atoms with E-state index in [1.807, 2.05) is 6.07 Å². The lowest BCUT2D eigenvalue weighted by molar-refractivity contribution is 0.149. The van der Waals surface area contributed by atoms with Crippen LogP contribution in [0.25, 0.3) is 0 Å². The fourth-order valence-electron chi connectivity index (χ4n) is 0.943. The summed E-state index contributed by atoms with van der Waals surface area (Å²) in [6.07, 6.45) is 4.17. The van der Waals surface area contributed by atoms with Crippen molar-refractivity contribution in [3.8, 4) is 0 Å². The van der Waals surface area contributed by atoms with Gasteiger partial charge in [-0.3, -0.25) is 0 Å². The van der Waals surface area contributed by atoms with E-state index in [9.17, 15) is 0 Å². The van der Waals surface area contributed by atoms with Crippen molar-refractivity contribution in [3.05, 3.63) is 18.6 Å². The van der Waals surface area contributed by atoms with Crippen LogP contribution in [0.3, 0.4) is 0 Å². The number of anilines is 1. The second-order valence-corrected chi connectivity index (χ2v) is 3.05. The summed E-state index contributed by atoms with van der Waals surface area (Å²) in [7, 11) is 0. The molecule has 1 aromatic heterocycles. The third-order valence-electron chi connectivity index (χ3n) is 1.58. The molecule has 0 saturated carbocycles. The molecule has 0 aliphatic heterocycles. The van der Waals surface area contributed by atoms with Crippen molar-refractivity contribution in [1.82, 2.24) is 9.97 Å². The third-order valence-corrected chi connectivity index (χ3v) is 1.73. The van der Waals surface area contributed by atoms with Crippen molar-refractivity contribution in [1.29, 1.82) is 0 Å². The highest BCUT2D eigenvalue weighted by atomic mass is 35.5. The van der Waals surface area contributed by atoms with Crippen LogP contribution in [0.15, 0.2) is 18.6 Å². The number of rotatable bonds is 7. The Bertz CT molecular complexity index is 233. The van der Waals surface area contributed by atoms with Gasteiger partial charge < -0.3 is 10.1 Å². The molecule has 1 rings (SSSR count). The van der Waals surface area contributed by atoms with Crippen molar-refractivity contribution >= 4 is 17.4 Å². The van der Waals surface area contributed by atoms with Gasteiger partial charge in [0.25, 0.3) is 0 Å². The van der Waals surface area contributed by atoms with E-state index in [0.717, 1.165) is 25.4 Å². The molecule has 1 aromatic rings. The predicted octanol–water partition coefficient (Wildman–Crippen LogP) is 1.53. The van der Waals surface area contributed by atoms with E-state index in [-0.39, 0.29) is 0 Å². The Morgan fingerprint density at radius 1 is 1.43 bits per heavy atom. The Kier molecular flexibility index (Phi) is 6.02. The number of nitrogens with one attached hydrogen (secondary N) is 1. The van der Waals surface area contributed by atoms with Crippen molar-refractivity contribution < 1.29 is 4.74 Å². The standard InChI is InChI=1S/C9H14ClN3O/c10-3-7-14-6-1-4-12-9-2-5-11-8-13-9/h2,5,8H,1,3-4,6-7H2,(H,11,12,13). The van der Waals surface area contributed by atoms with Crippen LogP contribution in [0, 0.1) is 0 Å². The second-order valence-electron chi connectivity index (χ2n) is 2.68. The topological polar surface area (TPSA) is 47.0 Å². The zero-order valence-corrected chi connectivity index (χ0v) is 8.70. The summed E-state index contributed by atoms with van der Waals surface area (Å²) in [5, 5.41) is 3.16. The predicted molar refractivity (Wildman–Crippen MR) is 56.7 cm³/mol. The van der Waals surface area contributed by atoms with Crippen molar-refractivity contribution in [2.75, 3.05) is 31.0 Å². The van der Waals surface area contributed by atoms with E-state index < -0.39 is 0 Å². The molecular formula is C9H14ClN3O. The minimum absolute atomic E-state index is 0.555. The van der Waals surface area contributed by atoms with Gasteiger partial charge in [0.2, 0.25) is 0 Å². The van der Waals surface area contributed by atoms with Crippen LogP contribution in [0.4, 0.5) is 5.82 Å². The van der Waals surface area contributed by atoms with Gasteiger partial charge in [-0.25, -0.2) is 9.97 Å². The molecule has 0 amide bonds. The summed E-state index contributed by atoms with van der Waals surface area (Å²) in [6.45, 7) is 2.19. The first-order valence-corrected chi connectivity index (χ1v) is 5.10. The Morgan fingerprint density at radius 3 is 3.07 bits per heavy atom. The Hall–Kier alpha value is -0.870. The number of alkyl halides is 1. The smallest absolute Gasteiger partial charge is 0.129 e. The molecular weight excluding hydrogens is 202 g/mol. The quantitative estimate of drug-likeness (QED) is 0.554. The molecule has 0 saturated heterocycles. The fraction of sp³-hybridized carbons (Fsp3) is 0.556. The molecule has 0 aliphatic rings. The van der Waals surface area contributed by atoms with Crippen LogP contribution >= 0.6 is 11.6 Å². The molecule has 0 unspecified atom stereocenters. The zero-order valence-electron chi connectivity index (χ0n) is 7.95. The number of hydrogen-bond donors (Lipinski definition) is 1.